The second-order valence-electron chi connectivity index (χ2n) is 3.84. The molecule has 1 aromatic carbocycles. The molecule has 0 fully saturated rings. The van der Waals surface area contributed by atoms with Crippen LogP contribution in [0.2, 0.25) is 0 Å². The summed E-state index contributed by atoms with van der Waals surface area (Å²) in [5.74, 6) is 1.01. The molecule has 1 heterocycles. The number of amides is 1. The number of carbonyl (C=O) groups is 1. The van der Waals surface area contributed by atoms with Crippen molar-refractivity contribution >= 4 is 11.6 Å². The molecule has 7 heteroatoms. The molecule has 0 saturated heterocycles. The molecule has 0 spiro atoms. The Labute approximate surface area is 115 Å². The fourth-order valence-corrected chi connectivity index (χ4v) is 1.48. The highest BCUT2D eigenvalue weighted by atomic mass is 16.5. The Hall–Kier alpha value is -2.83. The number of nitrogen functional groups attached to an aromatic ring is 1. The zero-order valence-corrected chi connectivity index (χ0v) is 11.1. The zero-order valence-electron chi connectivity index (χ0n) is 11.1. The number of nitrogens with zero attached hydrogens (tertiary/aromatic N) is 2. The van der Waals surface area contributed by atoms with Crippen molar-refractivity contribution < 1.29 is 14.3 Å². The molecular formula is C13H14N4O3. The molecule has 0 unspecified atom stereocenters. The molecule has 1 aromatic heterocycles. The minimum Gasteiger partial charge on any atom is -0.497 e. The van der Waals surface area contributed by atoms with E-state index < -0.39 is 0 Å². The van der Waals surface area contributed by atoms with E-state index in [0.29, 0.717) is 17.2 Å². The molecule has 0 aliphatic carbocycles. The number of hydrogen-bond acceptors (Lipinski definition) is 6. The van der Waals surface area contributed by atoms with Gasteiger partial charge in [0, 0.05) is 19.2 Å². The summed E-state index contributed by atoms with van der Waals surface area (Å²) >= 11 is 0. The summed E-state index contributed by atoms with van der Waals surface area (Å²) in [6.45, 7) is 0. The quantitative estimate of drug-likeness (QED) is 0.813. The van der Waals surface area contributed by atoms with Crippen molar-refractivity contribution in [2.45, 2.75) is 0 Å². The maximum Gasteiger partial charge on any atom is 0.271 e. The van der Waals surface area contributed by atoms with Crippen molar-refractivity contribution in [3.05, 3.63) is 36.0 Å². The van der Waals surface area contributed by atoms with E-state index in [1.165, 1.54) is 13.1 Å². The summed E-state index contributed by atoms with van der Waals surface area (Å²) in [5.41, 5.74) is 6.46. The molecule has 0 aliphatic rings. The van der Waals surface area contributed by atoms with Crippen molar-refractivity contribution in [1.82, 2.24) is 15.5 Å². The van der Waals surface area contributed by atoms with Gasteiger partial charge in [-0.2, -0.15) is 0 Å². The summed E-state index contributed by atoms with van der Waals surface area (Å²) in [7, 11) is 3.07. The maximum absolute atomic E-state index is 11.3. The van der Waals surface area contributed by atoms with E-state index in [1.54, 1.807) is 31.4 Å². The van der Waals surface area contributed by atoms with Crippen LogP contribution in [0.1, 0.15) is 10.5 Å². The summed E-state index contributed by atoms with van der Waals surface area (Å²) in [4.78, 5) is 11.3. The van der Waals surface area contributed by atoms with Crippen LogP contribution in [0.5, 0.6) is 17.4 Å². The van der Waals surface area contributed by atoms with E-state index in [-0.39, 0.29) is 17.5 Å². The van der Waals surface area contributed by atoms with Gasteiger partial charge in [-0.25, -0.2) is 0 Å². The molecule has 104 valence electrons. The van der Waals surface area contributed by atoms with E-state index in [2.05, 4.69) is 15.5 Å². The number of hydrogen-bond donors (Lipinski definition) is 2. The van der Waals surface area contributed by atoms with Gasteiger partial charge in [-0.3, -0.25) is 4.79 Å². The van der Waals surface area contributed by atoms with Crippen molar-refractivity contribution in [2.75, 3.05) is 19.9 Å². The SMILES string of the molecule is CNC(=O)c1ccc(Oc2ccc(OC)cc2N)nn1. The Morgan fingerprint density at radius 1 is 1.25 bits per heavy atom. The van der Waals surface area contributed by atoms with Crippen molar-refractivity contribution in [1.29, 1.82) is 0 Å². The molecule has 0 atom stereocenters. The normalized spacial score (nSPS) is 9.90. The Morgan fingerprint density at radius 2 is 2.05 bits per heavy atom. The standard InChI is InChI=1S/C13H14N4O3/c1-15-13(18)10-4-6-12(17-16-10)20-11-5-3-8(19-2)7-9(11)14/h3-7H,14H2,1-2H3,(H,15,18). The third kappa shape index (κ3) is 2.94. The van der Waals surface area contributed by atoms with E-state index in [0.717, 1.165) is 0 Å². The van der Waals surface area contributed by atoms with Gasteiger partial charge in [0.1, 0.15) is 5.75 Å². The third-order valence-electron chi connectivity index (χ3n) is 2.53. The highest BCUT2D eigenvalue weighted by molar-refractivity contribution is 5.91. The molecule has 20 heavy (non-hydrogen) atoms. The first-order valence-electron chi connectivity index (χ1n) is 5.81. The van der Waals surface area contributed by atoms with Crippen LogP contribution in [0, 0.1) is 0 Å². The first-order valence-corrected chi connectivity index (χ1v) is 5.81. The lowest BCUT2D eigenvalue weighted by Crippen LogP contribution is -2.19. The van der Waals surface area contributed by atoms with Crippen LogP contribution < -0.4 is 20.5 Å². The van der Waals surface area contributed by atoms with Gasteiger partial charge in [-0.15, -0.1) is 10.2 Å². The lowest BCUT2D eigenvalue weighted by molar-refractivity contribution is 0.0957. The monoisotopic (exact) mass is 274 g/mol. The van der Waals surface area contributed by atoms with Crippen LogP contribution >= 0.6 is 0 Å². The second kappa shape index (κ2) is 5.87. The smallest absolute Gasteiger partial charge is 0.271 e. The zero-order chi connectivity index (χ0) is 14.5. The molecule has 2 rings (SSSR count). The van der Waals surface area contributed by atoms with Gasteiger partial charge >= 0.3 is 0 Å². The van der Waals surface area contributed by atoms with Crippen molar-refractivity contribution in [3.8, 4) is 17.4 Å². The van der Waals surface area contributed by atoms with Gasteiger partial charge in [-0.1, -0.05) is 0 Å². The van der Waals surface area contributed by atoms with Crippen LogP contribution in [0.3, 0.4) is 0 Å². The Morgan fingerprint density at radius 3 is 2.60 bits per heavy atom. The number of carbonyl (C=O) groups excluding carboxylic acids is 1. The highest BCUT2D eigenvalue weighted by Crippen LogP contribution is 2.29. The minimum absolute atomic E-state index is 0.211. The molecule has 3 N–H and O–H groups in total. The first-order chi connectivity index (χ1) is 9.63. The van der Waals surface area contributed by atoms with E-state index in [9.17, 15) is 4.79 Å². The van der Waals surface area contributed by atoms with Crippen LogP contribution in [0.4, 0.5) is 5.69 Å². The number of ether oxygens (including phenoxy) is 2. The van der Waals surface area contributed by atoms with Crippen LogP contribution in [-0.2, 0) is 0 Å². The maximum atomic E-state index is 11.3. The topological polar surface area (TPSA) is 99.4 Å². The number of anilines is 1. The average molecular weight is 274 g/mol. The van der Waals surface area contributed by atoms with Crippen LogP contribution in [0.25, 0.3) is 0 Å². The molecule has 1 amide bonds. The number of nitrogens with one attached hydrogen (secondary N) is 1. The van der Waals surface area contributed by atoms with E-state index in [1.807, 2.05) is 0 Å². The van der Waals surface area contributed by atoms with Crippen molar-refractivity contribution in [2.24, 2.45) is 0 Å². The van der Waals surface area contributed by atoms with Crippen LogP contribution in [-0.4, -0.2) is 30.3 Å². The molecule has 0 radical (unpaired) electrons. The van der Waals surface area contributed by atoms with Crippen molar-refractivity contribution in [3.63, 3.8) is 0 Å². The number of rotatable bonds is 4. The Balaban J connectivity index is 2.16. The van der Waals surface area contributed by atoms with Gasteiger partial charge in [0.15, 0.2) is 11.4 Å². The van der Waals surface area contributed by atoms with Gasteiger partial charge < -0.3 is 20.5 Å². The predicted octanol–water partition coefficient (Wildman–Crippen LogP) is 1.22. The van der Waals surface area contributed by atoms with E-state index in [4.69, 9.17) is 15.2 Å². The molecule has 2 aromatic rings. The molecular weight excluding hydrogens is 260 g/mol. The minimum atomic E-state index is -0.312. The first kappa shape index (κ1) is 13.6. The Bertz CT molecular complexity index is 614. The molecule has 7 nitrogen and oxygen atoms in total. The molecule has 0 bridgehead atoms. The summed E-state index contributed by atoms with van der Waals surface area (Å²) in [6, 6.07) is 8.09. The summed E-state index contributed by atoms with van der Waals surface area (Å²) in [6.07, 6.45) is 0. The summed E-state index contributed by atoms with van der Waals surface area (Å²) < 4.78 is 10.5. The number of methoxy groups -OCH3 is 1. The highest BCUT2D eigenvalue weighted by Gasteiger charge is 2.08. The summed E-state index contributed by atoms with van der Waals surface area (Å²) in [5, 5.41) is 10.0. The molecule has 0 aliphatic heterocycles. The van der Waals surface area contributed by atoms with Crippen LogP contribution in [0.15, 0.2) is 30.3 Å². The Kier molecular flexibility index (Phi) is 3.99. The van der Waals surface area contributed by atoms with Gasteiger partial charge in [0.25, 0.3) is 5.91 Å². The second-order valence-corrected chi connectivity index (χ2v) is 3.84. The van der Waals surface area contributed by atoms with E-state index >= 15 is 0 Å². The fraction of sp³-hybridized carbons (Fsp3) is 0.154. The van der Waals surface area contributed by atoms with Gasteiger partial charge in [0.2, 0.25) is 5.88 Å². The number of nitrogens with two attached hydrogens (primary N) is 1. The number of aromatic nitrogens is 2. The average Bonchev–Trinajstić information content (AvgIpc) is 2.49. The largest absolute Gasteiger partial charge is 0.497 e. The lowest BCUT2D eigenvalue weighted by atomic mass is 10.3. The third-order valence-corrected chi connectivity index (χ3v) is 2.53. The van der Waals surface area contributed by atoms with Gasteiger partial charge in [-0.05, 0) is 18.2 Å². The predicted molar refractivity (Wildman–Crippen MR) is 72.9 cm³/mol. The van der Waals surface area contributed by atoms with Gasteiger partial charge in [0.05, 0.1) is 12.8 Å². The number of benzene rings is 1. The molecule has 0 saturated carbocycles. The fourth-order valence-electron chi connectivity index (χ4n) is 1.48. The lowest BCUT2D eigenvalue weighted by Gasteiger charge is -2.08.